The summed E-state index contributed by atoms with van der Waals surface area (Å²) in [6, 6.07) is 0. The number of hydrogen-bond donors (Lipinski definition) is 2. The minimum absolute atomic E-state index is 0. The lowest BCUT2D eigenvalue weighted by atomic mass is 10.1. The summed E-state index contributed by atoms with van der Waals surface area (Å²) in [4.78, 5) is 0. The Morgan fingerprint density at radius 2 is 1.50 bits per heavy atom. The molecule has 0 aromatic heterocycles. The van der Waals surface area contributed by atoms with Crippen molar-refractivity contribution in [3.05, 3.63) is 0 Å². The molecule has 0 bridgehead atoms. The third-order valence-electron chi connectivity index (χ3n) is 2.92. The zero-order chi connectivity index (χ0) is 14.9. The maximum atomic E-state index is 12.2. The number of hydrogen-bond acceptors (Lipinski definition) is 3. The molecule has 0 amide bonds. The lowest BCUT2D eigenvalue weighted by molar-refractivity contribution is 0.352. The highest BCUT2D eigenvalue weighted by Gasteiger charge is 2.21. The second-order valence-corrected chi connectivity index (χ2v) is 7.56. The van der Waals surface area contributed by atoms with Gasteiger partial charge in [-0.15, -0.1) is 12.4 Å². The lowest BCUT2D eigenvalue weighted by Gasteiger charge is -2.24. The van der Waals surface area contributed by atoms with Crippen LogP contribution in [0, 0.1) is 11.8 Å². The molecule has 0 aliphatic carbocycles. The molecule has 0 aliphatic rings. The Bertz CT molecular complexity index is 310. The summed E-state index contributed by atoms with van der Waals surface area (Å²) in [5, 5.41) is 0. The van der Waals surface area contributed by atoms with Crippen molar-refractivity contribution in [2.24, 2.45) is 17.6 Å². The molecule has 20 heavy (non-hydrogen) atoms. The van der Waals surface area contributed by atoms with Crippen LogP contribution in [0.25, 0.3) is 0 Å². The van der Waals surface area contributed by atoms with E-state index in [9.17, 15) is 8.42 Å². The molecular formula is C13H32ClN3O2S. The van der Waals surface area contributed by atoms with Crippen molar-refractivity contribution in [3.8, 4) is 0 Å². The minimum atomic E-state index is -3.36. The summed E-state index contributed by atoms with van der Waals surface area (Å²) in [5.74, 6) is 1.00. The maximum absolute atomic E-state index is 12.2. The van der Waals surface area contributed by atoms with Crippen LogP contribution in [0.15, 0.2) is 0 Å². The third-order valence-corrected chi connectivity index (χ3v) is 4.53. The van der Waals surface area contributed by atoms with Crippen LogP contribution in [0.3, 0.4) is 0 Å². The number of nitrogens with zero attached hydrogens (tertiary/aromatic N) is 1. The van der Waals surface area contributed by atoms with Crippen molar-refractivity contribution in [1.29, 1.82) is 0 Å². The lowest BCUT2D eigenvalue weighted by Crippen LogP contribution is -2.43. The van der Waals surface area contributed by atoms with Gasteiger partial charge in [0.1, 0.15) is 0 Å². The number of halogens is 1. The molecule has 0 fully saturated rings. The van der Waals surface area contributed by atoms with Gasteiger partial charge in [-0.3, -0.25) is 0 Å². The summed E-state index contributed by atoms with van der Waals surface area (Å²) in [7, 11) is -3.36. The molecule has 0 unspecified atom stereocenters. The molecule has 0 atom stereocenters. The van der Waals surface area contributed by atoms with Crippen molar-refractivity contribution in [2.45, 2.75) is 47.0 Å². The van der Waals surface area contributed by atoms with Gasteiger partial charge in [-0.25, -0.2) is 4.72 Å². The molecule has 0 heterocycles. The molecule has 0 saturated carbocycles. The van der Waals surface area contributed by atoms with Crippen LogP contribution < -0.4 is 10.5 Å². The Kier molecular flexibility index (Phi) is 13.2. The molecule has 0 rings (SSSR count). The van der Waals surface area contributed by atoms with E-state index in [1.807, 2.05) is 0 Å². The first-order valence-electron chi connectivity index (χ1n) is 7.24. The molecule has 0 radical (unpaired) electrons. The molecular weight excluding hydrogens is 298 g/mol. The van der Waals surface area contributed by atoms with Crippen molar-refractivity contribution >= 4 is 22.6 Å². The van der Waals surface area contributed by atoms with E-state index >= 15 is 0 Å². The van der Waals surface area contributed by atoms with Gasteiger partial charge in [0.2, 0.25) is 0 Å². The number of nitrogens with two attached hydrogens (primary N) is 1. The van der Waals surface area contributed by atoms with Crippen molar-refractivity contribution in [1.82, 2.24) is 9.03 Å². The fourth-order valence-electron chi connectivity index (χ4n) is 1.55. The largest absolute Gasteiger partial charge is 0.330 e. The van der Waals surface area contributed by atoms with Crippen LogP contribution in [-0.4, -0.2) is 38.9 Å². The van der Waals surface area contributed by atoms with E-state index in [1.165, 1.54) is 0 Å². The van der Waals surface area contributed by atoms with Gasteiger partial charge < -0.3 is 5.73 Å². The van der Waals surface area contributed by atoms with Gasteiger partial charge >= 0.3 is 0 Å². The highest BCUT2D eigenvalue weighted by molar-refractivity contribution is 7.87. The van der Waals surface area contributed by atoms with Crippen LogP contribution in [0.2, 0.25) is 0 Å². The molecule has 3 N–H and O–H groups in total. The highest BCUT2D eigenvalue weighted by atomic mass is 35.5. The first kappa shape index (κ1) is 22.4. The van der Waals surface area contributed by atoms with Crippen LogP contribution >= 0.6 is 12.4 Å². The normalized spacial score (nSPS) is 12.2. The molecule has 0 aromatic rings. The Morgan fingerprint density at radius 1 is 1.05 bits per heavy atom. The smallest absolute Gasteiger partial charge is 0.279 e. The van der Waals surface area contributed by atoms with Crippen LogP contribution in [0.5, 0.6) is 0 Å². The average molecular weight is 330 g/mol. The Labute approximate surface area is 131 Å². The van der Waals surface area contributed by atoms with E-state index in [0.29, 0.717) is 44.4 Å². The van der Waals surface area contributed by atoms with Crippen LogP contribution in [-0.2, 0) is 10.2 Å². The Hall–Kier alpha value is 0.120. The zero-order valence-corrected chi connectivity index (χ0v) is 14.9. The quantitative estimate of drug-likeness (QED) is 0.569. The second-order valence-electron chi connectivity index (χ2n) is 5.81. The number of rotatable bonds is 11. The van der Waals surface area contributed by atoms with Crippen molar-refractivity contribution in [3.63, 3.8) is 0 Å². The van der Waals surface area contributed by atoms with E-state index in [-0.39, 0.29) is 12.4 Å². The summed E-state index contributed by atoms with van der Waals surface area (Å²) in [6.07, 6.45) is 2.44. The van der Waals surface area contributed by atoms with E-state index in [4.69, 9.17) is 5.73 Å². The first-order valence-corrected chi connectivity index (χ1v) is 8.68. The first-order chi connectivity index (χ1) is 8.79. The molecule has 0 spiro atoms. The minimum Gasteiger partial charge on any atom is -0.330 e. The molecule has 124 valence electrons. The van der Waals surface area contributed by atoms with Gasteiger partial charge in [-0.2, -0.15) is 12.7 Å². The average Bonchev–Trinajstić information content (AvgIpc) is 2.27. The maximum Gasteiger partial charge on any atom is 0.279 e. The molecule has 0 aliphatic heterocycles. The standard InChI is InChI=1S/C13H31N3O2S.ClH/c1-12(2)6-10-16(11-7-13(3)4)19(17,18)15-9-5-8-14;/h12-13,15H,5-11,14H2,1-4H3;1H. The Morgan fingerprint density at radius 3 is 1.85 bits per heavy atom. The molecule has 0 saturated heterocycles. The summed E-state index contributed by atoms with van der Waals surface area (Å²) >= 11 is 0. The summed E-state index contributed by atoms with van der Waals surface area (Å²) in [5.41, 5.74) is 5.38. The van der Waals surface area contributed by atoms with Gasteiger partial charge in [0, 0.05) is 19.6 Å². The third kappa shape index (κ3) is 10.9. The molecule has 5 nitrogen and oxygen atoms in total. The van der Waals surface area contributed by atoms with Gasteiger partial charge in [0.05, 0.1) is 0 Å². The van der Waals surface area contributed by atoms with Gasteiger partial charge in [0.15, 0.2) is 0 Å². The summed E-state index contributed by atoms with van der Waals surface area (Å²) < 4.78 is 28.6. The van der Waals surface area contributed by atoms with Gasteiger partial charge in [0.25, 0.3) is 10.2 Å². The fraction of sp³-hybridized carbons (Fsp3) is 1.00. The van der Waals surface area contributed by atoms with Gasteiger partial charge in [-0.1, -0.05) is 27.7 Å². The van der Waals surface area contributed by atoms with E-state index in [0.717, 1.165) is 12.8 Å². The Balaban J connectivity index is 0. The summed E-state index contributed by atoms with van der Waals surface area (Å²) in [6.45, 7) is 10.5. The second kappa shape index (κ2) is 11.7. The van der Waals surface area contributed by atoms with E-state index in [2.05, 4.69) is 32.4 Å². The zero-order valence-electron chi connectivity index (χ0n) is 13.3. The van der Waals surface area contributed by atoms with E-state index in [1.54, 1.807) is 4.31 Å². The van der Waals surface area contributed by atoms with Crippen molar-refractivity contribution < 1.29 is 8.42 Å². The monoisotopic (exact) mass is 329 g/mol. The molecule has 0 aromatic carbocycles. The highest BCUT2D eigenvalue weighted by Crippen LogP contribution is 2.09. The topological polar surface area (TPSA) is 75.4 Å². The predicted molar refractivity (Wildman–Crippen MR) is 88.3 cm³/mol. The SMILES string of the molecule is CC(C)CCN(CCC(C)C)S(=O)(=O)NCCCN.Cl. The number of nitrogens with one attached hydrogen (secondary N) is 1. The van der Waals surface area contributed by atoms with Crippen molar-refractivity contribution in [2.75, 3.05) is 26.2 Å². The van der Waals surface area contributed by atoms with E-state index < -0.39 is 10.2 Å². The fourth-order valence-corrected chi connectivity index (χ4v) is 2.83. The predicted octanol–water partition coefficient (Wildman–Crippen LogP) is 1.99. The van der Waals surface area contributed by atoms with Crippen LogP contribution in [0.4, 0.5) is 0 Å². The van der Waals surface area contributed by atoms with Gasteiger partial charge in [-0.05, 0) is 37.6 Å². The van der Waals surface area contributed by atoms with Crippen LogP contribution in [0.1, 0.15) is 47.0 Å². The molecule has 7 heteroatoms.